The van der Waals surface area contributed by atoms with Crippen LogP contribution in [0.15, 0.2) is 65.1 Å². The Morgan fingerprint density at radius 1 is 1.06 bits per heavy atom. The zero-order valence-corrected chi connectivity index (χ0v) is 20.1. The summed E-state index contributed by atoms with van der Waals surface area (Å²) in [6.07, 6.45) is 6.44. The minimum Gasteiger partial charge on any atom is -0.274 e. The first-order chi connectivity index (χ1) is 16.3. The van der Waals surface area contributed by atoms with Crippen LogP contribution in [-0.2, 0) is 19.6 Å². The molecule has 34 heavy (non-hydrogen) atoms. The highest BCUT2D eigenvalue weighted by Gasteiger charge is 2.46. The Bertz CT molecular complexity index is 1260. The van der Waals surface area contributed by atoms with Crippen molar-refractivity contribution in [3.05, 3.63) is 70.8 Å². The second-order valence-electron chi connectivity index (χ2n) is 8.37. The van der Waals surface area contributed by atoms with Crippen LogP contribution in [0.2, 0.25) is 5.02 Å². The summed E-state index contributed by atoms with van der Waals surface area (Å²) in [6.45, 7) is 0.0989. The van der Waals surface area contributed by atoms with Gasteiger partial charge in [-0.1, -0.05) is 23.3 Å². The standard InChI is InChI=1S/C25H24ClN3O4S/c26-20-8-12-22(13-9-20)34(32,33)28(15-14-18-4-2-1-3-5-18)23-16-24(30)29(25(23)31)21-10-6-19(17-27)7-11-21/h4,6-13,23H,1-3,5,14-16H2. The smallest absolute Gasteiger partial charge is 0.252 e. The Balaban J connectivity index is 1.66. The first-order valence-corrected chi connectivity index (χ1v) is 13.0. The lowest BCUT2D eigenvalue weighted by atomic mass is 9.97. The molecule has 0 saturated carbocycles. The van der Waals surface area contributed by atoms with E-state index in [1.807, 2.05) is 6.07 Å². The normalized spacial score (nSPS) is 18.8. The van der Waals surface area contributed by atoms with Crippen LogP contribution in [0.3, 0.4) is 0 Å². The second kappa shape index (κ2) is 10.1. The van der Waals surface area contributed by atoms with Gasteiger partial charge < -0.3 is 0 Å². The van der Waals surface area contributed by atoms with E-state index in [1.165, 1.54) is 54.1 Å². The molecule has 4 rings (SSSR count). The van der Waals surface area contributed by atoms with Gasteiger partial charge in [-0.3, -0.25) is 9.59 Å². The van der Waals surface area contributed by atoms with E-state index < -0.39 is 27.9 Å². The van der Waals surface area contributed by atoms with E-state index in [1.54, 1.807) is 0 Å². The molecule has 1 fully saturated rings. The summed E-state index contributed by atoms with van der Waals surface area (Å²) in [7, 11) is -4.07. The molecule has 2 aromatic rings. The Morgan fingerprint density at radius 3 is 2.38 bits per heavy atom. The number of amides is 2. The lowest BCUT2D eigenvalue weighted by molar-refractivity contribution is -0.122. The fourth-order valence-electron chi connectivity index (χ4n) is 4.37. The van der Waals surface area contributed by atoms with Crippen molar-refractivity contribution in [1.82, 2.24) is 4.31 Å². The summed E-state index contributed by atoms with van der Waals surface area (Å²) in [5.74, 6) is -1.07. The molecule has 2 amide bonds. The molecule has 1 saturated heterocycles. The van der Waals surface area contributed by atoms with Crippen molar-refractivity contribution >= 4 is 39.1 Å². The van der Waals surface area contributed by atoms with E-state index in [2.05, 4.69) is 6.08 Å². The van der Waals surface area contributed by atoms with Crippen molar-refractivity contribution in [1.29, 1.82) is 5.26 Å². The number of allylic oxidation sites excluding steroid dienone is 1. The van der Waals surface area contributed by atoms with E-state index in [-0.39, 0.29) is 17.9 Å². The maximum Gasteiger partial charge on any atom is 0.252 e. The van der Waals surface area contributed by atoms with Gasteiger partial charge in [0.25, 0.3) is 5.91 Å². The van der Waals surface area contributed by atoms with Crippen molar-refractivity contribution in [3.8, 4) is 6.07 Å². The summed E-state index contributed by atoms with van der Waals surface area (Å²) < 4.78 is 28.4. The zero-order valence-electron chi connectivity index (χ0n) is 18.5. The number of rotatable bonds is 7. The van der Waals surface area contributed by atoms with Gasteiger partial charge in [-0.05, 0) is 80.6 Å². The van der Waals surface area contributed by atoms with Gasteiger partial charge in [0.15, 0.2) is 0 Å². The number of hydrogen-bond donors (Lipinski definition) is 0. The van der Waals surface area contributed by atoms with Crippen molar-refractivity contribution in [2.75, 3.05) is 11.4 Å². The number of anilines is 1. The van der Waals surface area contributed by atoms with Crippen LogP contribution in [0.4, 0.5) is 5.69 Å². The molecule has 0 spiro atoms. The van der Waals surface area contributed by atoms with E-state index in [9.17, 15) is 18.0 Å². The maximum atomic E-state index is 13.6. The highest BCUT2D eigenvalue weighted by molar-refractivity contribution is 7.89. The Morgan fingerprint density at radius 2 is 1.76 bits per heavy atom. The van der Waals surface area contributed by atoms with Gasteiger partial charge in [0.1, 0.15) is 6.04 Å². The number of sulfonamides is 1. The molecule has 0 N–H and O–H groups in total. The predicted octanol–water partition coefficient (Wildman–Crippen LogP) is 4.42. The molecule has 0 aromatic heterocycles. The Labute approximate surface area is 204 Å². The Kier molecular flexibility index (Phi) is 7.17. The van der Waals surface area contributed by atoms with Gasteiger partial charge in [0.2, 0.25) is 15.9 Å². The molecule has 2 aliphatic rings. The maximum absolute atomic E-state index is 13.6. The third kappa shape index (κ3) is 4.92. The lowest BCUT2D eigenvalue weighted by Crippen LogP contribution is -2.46. The molecule has 1 heterocycles. The average molecular weight is 498 g/mol. The molecule has 7 nitrogen and oxygen atoms in total. The fraction of sp³-hybridized carbons (Fsp3) is 0.320. The monoisotopic (exact) mass is 497 g/mol. The minimum absolute atomic E-state index is 0.0200. The summed E-state index contributed by atoms with van der Waals surface area (Å²) in [6, 6.07) is 12.7. The van der Waals surface area contributed by atoms with Crippen LogP contribution in [-0.4, -0.2) is 37.1 Å². The average Bonchev–Trinajstić information content (AvgIpc) is 3.13. The highest BCUT2D eigenvalue weighted by Crippen LogP contribution is 2.31. The van der Waals surface area contributed by atoms with E-state index in [0.29, 0.717) is 22.7 Å². The fourth-order valence-corrected chi connectivity index (χ4v) is 6.08. The van der Waals surface area contributed by atoms with Gasteiger partial charge in [-0.2, -0.15) is 9.57 Å². The first-order valence-electron chi connectivity index (χ1n) is 11.1. The number of benzene rings is 2. The van der Waals surface area contributed by atoms with Crippen LogP contribution < -0.4 is 4.90 Å². The molecular weight excluding hydrogens is 474 g/mol. The van der Waals surface area contributed by atoms with Gasteiger partial charge >= 0.3 is 0 Å². The molecule has 0 radical (unpaired) electrons. The quantitative estimate of drug-likeness (QED) is 0.416. The van der Waals surface area contributed by atoms with Crippen molar-refractivity contribution in [2.24, 2.45) is 0 Å². The Hall–Kier alpha value is -2.99. The second-order valence-corrected chi connectivity index (χ2v) is 10.7. The minimum atomic E-state index is -4.07. The lowest BCUT2D eigenvalue weighted by Gasteiger charge is -2.27. The molecule has 9 heteroatoms. The molecule has 1 aliphatic heterocycles. The number of carbonyl (C=O) groups excluding carboxylic acids is 2. The van der Waals surface area contributed by atoms with Crippen molar-refractivity contribution in [3.63, 3.8) is 0 Å². The first kappa shape index (κ1) is 24.1. The molecular formula is C25H24ClN3O4S. The molecule has 1 aliphatic carbocycles. The van der Waals surface area contributed by atoms with E-state index in [4.69, 9.17) is 16.9 Å². The summed E-state index contributed by atoms with van der Waals surface area (Å²) in [5, 5.41) is 9.41. The number of halogens is 1. The third-order valence-electron chi connectivity index (χ3n) is 6.18. The van der Waals surface area contributed by atoms with Gasteiger partial charge in [0, 0.05) is 11.6 Å². The van der Waals surface area contributed by atoms with E-state index >= 15 is 0 Å². The molecule has 0 bridgehead atoms. The molecule has 176 valence electrons. The summed E-state index contributed by atoms with van der Waals surface area (Å²) in [4.78, 5) is 27.3. The van der Waals surface area contributed by atoms with Gasteiger partial charge in [-0.15, -0.1) is 0 Å². The number of nitrogens with zero attached hydrogens (tertiary/aromatic N) is 3. The van der Waals surface area contributed by atoms with Gasteiger partial charge in [-0.25, -0.2) is 13.3 Å². The summed E-state index contributed by atoms with van der Waals surface area (Å²) >= 11 is 5.94. The van der Waals surface area contributed by atoms with Crippen LogP contribution in [0.5, 0.6) is 0 Å². The van der Waals surface area contributed by atoms with E-state index in [0.717, 1.165) is 34.9 Å². The predicted molar refractivity (Wildman–Crippen MR) is 129 cm³/mol. The van der Waals surface area contributed by atoms with Crippen LogP contribution in [0.1, 0.15) is 44.1 Å². The van der Waals surface area contributed by atoms with Crippen LogP contribution >= 0.6 is 11.6 Å². The number of imide groups is 1. The van der Waals surface area contributed by atoms with Crippen molar-refractivity contribution < 1.29 is 18.0 Å². The third-order valence-corrected chi connectivity index (χ3v) is 8.36. The molecule has 1 unspecified atom stereocenters. The van der Waals surface area contributed by atoms with Crippen LogP contribution in [0, 0.1) is 11.3 Å². The molecule has 1 atom stereocenters. The zero-order chi connectivity index (χ0) is 24.3. The largest absolute Gasteiger partial charge is 0.274 e. The van der Waals surface area contributed by atoms with Crippen LogP contribution in [0.25, 0.3) is 0 Å². The topological polar surface area (TPSA) is 98.5 Å². The highest BCUT2D eigenvalue weighted by atomic mass is 35.5. The van der Waals surface area contributed by atoms with Crippen molar-refractivity contribution in [2.45, 2.75) is 49.5 Å². The number of carbonyl (C=O) groups is 2. The SMILES string of the molecule is N#Cc1ccc(N2C(=O)CC(N(CCC3=CCCCC3)S(=O)(=O)c3ccc(Cl)cc3)C2=O)cc1. The van der Waals surface area contributed by atoms with Gasteiger partial charge in [0.05, 0.1) is 28.6 Å². The number of nitriles is 1. The number of hydrogen-bond acceptors (Lipinski definition) is 5. The molecule has 2 aromatic carbocycles. The summed E-state index contributed by atoms with van der Waals surface area (Å²) in [5.41, 5.74) is 1.88.